The summed E-state index contributed by atoms with van der Waals surface area (Å²) in [4.78, 5) is 20.7. The van der Waals surface area contributed by atoms with Gasteiger partial charge in [-0.3, -0.25) is 4.79 Å². The van der Waals surface area contributed by atoms with Crippen LogP contribution in [-0.4, -0.2) is 52.8 Å². The van der Waals surface area contributed by atoms with Gasteiger partial charge < -0.3 is 14.8 Å². The highest BCUT2D eigenvalue weighted by Gasteiger charge is 2.36. The normalized spacial score (nSPS) is 21.9. The zero-order valence-corrected chi connectivity index (χ0v) is 18.4. The molecule has 3 heterocycles. The van der Waals surface area contributed by atoms with E-state index in [4.69, 9.17) is 11.6 Å². The molecule has 0 radical (unpaired) electrons. The standard InChI is InChI=1S/C23H30ClF2N3O/c1-15(2)13-20-22-17(18-14-16(24)3-4-19(18)27-22)5-10-29(20)21(30)6-9-28-11-7-23(25,26)8-12-28/h3-4,14-15,20,27H,5-13H2,1-2H3. The van der Waals surface area contributed by atoms with E-state index >= 15 is 0 Å². The third kappa shape index (κ3) is 4.50. The highest BCUT2D eigenvalue weighted by Crippen LogP contribution is 2.39. The molecular formula is C23H30ClF2N3O. The van der Waals surface area contributed by atoms with Crippen molar-refractivity contribution >= 4 is 28.4 Å². The molecule has 1 unspecified atom stereocenters. The molecule has 4 rings (SSSR count). The minimum atomic E-state index is -2.55. The number of amides is 1. The third-order valence-electron chi connectivity index (χ3n) is 6.46. The topological polar surface area (TPSA) is 39.3 Å². The molecule has 4 nitrogen and oxygen atoms in total. The zero-order chi connectivity index (χ0) is 21.5. The number of benzene rings is 1. The number of aromatic nitrogens is 1. The summed E-state index contributed by atoms with van der Waals surface area (Å²) in [6.07, 6.45) is 1.84. The molecule has 0 spiro atoms. The Kier molecular flexibility index (Phi) is 6.08. The molecule has 0 saturated carbocycles. The molecule has 1 atom stereocenters. The van der Waals surface area contributed by atoms with Crippen molar-refractivity contribution in [1.82, 2.24) is 14.8 Å². The van der Waals surface area contributed by atoms with Gasteiger partial charge in [0, 0.05) is 67.1 Å². The first-order chi connectivity index (χ1) is 14.2. The summed E-state index contributed by atoms with van der Waals surface area (Å²) < 4.78 is 26.8. The number of rotatable bonds is 5. The maximum Gasteiger partial charge on any atom is 0.250 e. The number of hydrogen-bond acceptors (Lipinski definition) is 2. The van der Waals surface area contributed by atoms with Gasteiger partial charge in [0.1, 0.15) is 0 Å². The predicted octanol–water partition coefficient (Wildman–Crippen LogP) is 5.41. The van der Waals surface area contributed by atoms with Gasteiger partial charge in [-0.2, -0.15) is 0 Å². The number of halogens is 3. The molecule has 7 heteroatoms. The third-order valence-corrected chi connectivity index (χ3v) is 6.69. The number of aromatic amines is 1. The van der Waals surface area contributed by atoms with Gasteiger partial charge in [-0.05, 0) is 42.5 Å². The second kappa shape index (κ2) is 8.46. The Hall–Kier alpha value is -1.66. The molecule has 1 saturated heterocycles. The van der Waals surface area contributed by atoms with E-state index in [1.165, 1.54) is 5.56 Å². The summed E-state index contributed by atoms with van der Waals surface area (Å²) in [5.41, 5.74) is 3.44. The van der Waals surface area contributed by atoms with Crippen molar-refractivity contribution in [3.8, 4) is 0 Å². The van der Waals surface area contributed by atoms with Crippen LogP contribution in [0.15, 0.2) is 18.2 Å². The van der Waals surface area contributed by atoms with Crippen molar-refractivity contribution in [3.05, 3.63) is 34.5 Å². The number of nitrogens with zero attached hydrogens (tertiary/aromatic N) is 2. The van der Waals surface area contributed by atoms with E-state index in [1.807, 2.05) is 28.0 Å². The van der Waals surface area contributed by atoms with Gasteiger partial charge in [0.05, 0.1) is 6.04 Å². The van der Waals surface area contributed by atoms with E-state index in [0.29, 0.717) is 38.5 Å². The van der Waals surface area contributed by atoms with Crippen molar-refractivity contribution in [3.63, 3.8) is 0 Å². The molecule has 1 N–H and O–H groups in total. The quantitative estimate of drug-likeness (QED) is 0.678. The molecule has 30 heavy (non-hydrogen) atoms. The van der Waals surface area contributed by atoms with E-state index in [-0.39, 0.29) is 24.8 Å². The van der Waals surface area contributed by atoms with Crippen LogP contribution in [0.3, 0.4) is 0 Å². The first-order valence-electron chi connectivity index (χ1n) is 10.9. The van der Waals surface area contributed by atoms with E-state index in [9.17, 15) is 13.6 Å². The minimum Gasteiger partial charge on any atom is -0.356 e. The second-order valence-electron chi connectivity index (χ2n) is 9.14. The lowest BCUT2D eigenvalue weighted by molar-refractivity contribution is -0.135. The number of piperidine rings is 1. The maximum atomic E-state index is 13.4. The van der Waals surface area contributed by atoms with Crippen molar-refractivity contribution < 1.29 is 13.6 Å². The molecule has 1 amide bonds. The molecule has 164 valence electrons. The van der Waals surface area contributed by atoms with Gasteiger partial charge in [0.15, 0.2) is 0 Å². The van der Waals surface area contributed by atoms with E-state index in [2.05, 4.69) is 18.8 Å². The van der Waals surface area contributed by atoms with Gasteiger partial charge in [-0.25, -0.2) is 8.78 Å². The first kappa shape index (κ1) is 21.6. The van der Waals surface area contributed by atoms with Gasteiger partial charge in [-0.15, -0.1) is 0 Å². The second-order valence-corrected chi connectivity index (χ2v) is 9.57. The van der Waals surface area contributed by atoms with Gasteiger partial charge >= 0.3 is 0 Å². The summed E-state index contributed by atoms with van der Waals surface area (Å²) in [6.45, 7) is 6.30. The zero-order valence-electron chi connectivity index (χ0n) is 17.7. The number of hydrogen-bond donors (Lipinski definition) is 1. The lowest BCUT2D eigenvalue weighted by Gasteiger charge is -2.38. The largest absolute Gasteiger partial charge is 0.356 e. The Morgan fingerprint density at radius 3 is 2.70 bits per heavy atom. The monoisotopic (exact) mass is 437 g/mol. The van der Waals surface area contributed by atoms with E-state index in [1.54, 1.807) is 0 Å². The molecule has 1 aromatic heterocycles. The first-order valence-corrected chi connectivity index (χ1v) is 11.3. The predicted molar refractivity (Wildman–Crippen MR) is 116 cm³/mol. The van der Waals surface area contributed by atoms with Crippen molar-refractivity contribution in [1.29, 1.82) is 0 Å². The Bertz CT molecular complexity index is 917. The van der Waals surface area contributed by atoms with Gasteiger partial charge in [0.25, 0.3) is 5.92 Å². The smallest absolute Gasteiger partial charge is 0.250 e. The number of nitrogens with one attached hydrogen (secondary N) is 1. The van der Waals surface area contributed by atoms with E-state index < -0.39 is 5.92 Å². The molecule has 0 aliphatic carbocycles. The number of H-pyrrole nitrogens is 1. The summed E-state index contributed by atoms with van der Waals surface area (Å²) >= 11 is 6.22. The lowest BCUT2D eigenvalue weighted by Crippen LogP contribution is -2.44. The van der Waals surface area contributed by atoms with Gasteiger partial charge in [-0.1, -0.05) is 25.4 Å². The van der Waals surface area contributed by atoms with Gasteiger partial charge in [0.2, 0.25) is 5.91 Å². The molecule has 2 aliphatic heterocycles. The average Bonchev–Trinajstić information content (AvgIpc) is 3.05. The number of carbonyl (C=O) groups is 1. The number of fused-ring (bicyclic) bond motifs is 3. The van der Waals surface area contributed by atoms with Crippen molar-refractivity contribution in [2.24, 2.45) is 5.92 Å². The molecule has 2 aliphatic rings. The lowest BCUT2D eigenvalue weighted by atomic mass is 9.91. The summed E-state index contributed by atoms with van der Waals surface area (Å²) in [5, 5.41) is 1.86. The number of likely N-dealkylation sites (tertiary alicyclic amines) is 1. The van der Waals surface area contributed by atoms with Crippen LogP contribution in [0.4, 0.5) is 8.78 Å². The molecule has 2 aromatic rings. The molecular weight excluding hydrogens is 408 g/mol. The van der Waals surface area contributed by atoms with Crippen LogP contribution in [-0.2, 0) is 11.2 Å². The van der Waals surface area contributed by atoms with E-state index in [0.717, 1.165) is 34.5 Å². The van der Waals surface area contributed by atoms with Crippen molar-refractivity contribution in [2.75, 3.05) is 26.2 Å². The number of carbonyl (C=O) groups excluding carboxylic acids is 1. The van der Waals surface area contributed by atoms with Crippen LogP contribution in [0.1, 0.15) is 56.8 Å². The van der Waals surface area contributed by atoms with Crippen LogP contribution in [0.2, 0.25) is 5.02 Å². The molecule has 1 aromatic carbocycles. The summed E-state index contributed by atoms with van der Waals surface area (Å²) in [5.74, 6) is -2.00. The Morgan fingerprint density at radius 1 is 1.27 bits per heavy atom. The molecule has 0 bridgehead atoms. The van der Waals surface area contributed by atoms with Crippen LogP contribution in [0.25, 0.3) is 10.9 Å². The highest BCUT2D eigenvalue weighted by molar-refractivity contribution is 6.31. The Balaban J connectivity index is 1.50. The van der Waals surface area contributed by atoms with Crippen LogP contribution in [0, 0.1) is 5.92 Å². The minimum absolute atomic E-state index is 0.0121. The fourth-order valence-electron chi connectivity index (χ4n) is 4.83. The Labute approximate surface area is 181 Å². The van der Waals surface area contributed by atoms with Crippen molar-refractivity contribution in [2.45, 2.75) is 57.9 Å². The fraction of sp³-hybridized carbons (Fsp3) is 0.609. The Morgan fingerprint density at radius 2 is 2.00 bits per heavy atom. The number of alkyl halides is 2. The fourth-order valence-corrected chi connectivity index (χ4v) is 5.00. The van der Waals surface area contributed by atoms with Crippen LogP contribution < -0.4 is 0 Å². The highest BCUT2D eigenvalue weighted by atomic mass is 35.5. The average molecular weight is 438 g/mol. The maximum absolute atomic E-state index is 13.4. The summed E-state index contributed by atoms with van der Waals surface area (Å²) in [6, 6.07) is 5.90. The van der Waals surface area contributed by atoms with Crippen LogP contribution in [0.5, 0.6) is 0 Å². The SMILES string of the molecule is CC(C)CC1c2[nH]c3ccc(Cl)cc3c2CCN1C(=O)CCN1CCC(F)(F)CC1. The summed E-state index contributed by atoms with van der Waals surface area (Å²) in [7, 11) is 0. The van der Waals surface area contributed by atoms with Crippen LogP contribution >= 0.6 is 11.6 Å². The molecule has 1 fully saturated rings.